The van der Waals surface area contributed by atoms with E-state index >= 15 is 0 Å². The molecular weight excluding hydrogens is 309 g/mol. The van der Waals surface area contributed by atoms with E-state index in [1.54, 1.807) is 4.90 Å². The molecule has 1 saturated heterocycles. The summed E-state index contributed by atoms with van der Waals surface area (Å²) < 4.78 is 37.9. The number of likely N-dealkylation sites (N-methyl/N-ethyl adjacent to an activating group) is 1. The molecule has 1 aromatic rings. The minimum Gasteiger partial charge on any atom is -0.350 e. The third-order valence-electron chi connectivity index (χ3n) is 3.16. The van der Waals surface area contributed by atoms with E-state index in [1.807, 2.05) is 0 Å². The van der Waals surface area contributed by atoms with Crippen molar-refractivity contribution in [2.75, 3.05) is 31.6 Å². The summed E-state index contributed by atoms with van der Waals surface area (Å²) in [6.07, 6.45) is -2.78. The molecule has 0 bridgehead atoms. The first-order valence-corrected chi connectivity index (χ1v) is 6.76. The standard InChI is InChI=1S/C12H14ClF3N4O/c1-19(7-10(21)20-4-2-3-5-20)9-6-8(13)17-11(18-9)12(14,15)16/h6H,2-5,7H2,1H3. The Morgan fingerprint density at radius 3 is 2.57 bits per heavy atom. The zero-order valence-corrected chi connectivity index (χ0v) is 12.1. The van der Waals surface area contributed by atoms with Crippen molar-refractivity contribution in [3.05, 3.63) is 17.0 Å². The maximum Gasteiger partial charge on any atom is 0.451 e. The van der Waals surface area contributed by atoms with Crippen molar-refractivity contribution in [3.8, 4) is 0 Å². The number of carbonyl (C=O) groups excluding carboxylic acids is 1. The molecule has 2 heterocycles. The highest BCUT2D eigenvalue weighted by Crippen LogP contribution is 2.28. The highest BCUT2D eigenvalue weighted by atomic mass is 35.5. The second-order valence-corrected chi connectivity index (χ2v) is 5.20. The first-order valence-electron chi connectivity index (χ1n) is 6.38. The number of aromatic nitrogens is 2. The van der Waals surface area contributed by atoms with Crippen molar-refractivity contribution in [3.63, 3.8) is 0 Å². The lowest BCUT2D eigenvalue weighted by atomic mass is 10.4. The van der Waals surface area contributed by atoms with Crippen LogP contribution in [0.1, 0.15) is 18.7 Å². The largest absolute Gasteiger partial charge is 0.451 e. The minimum atomic E-state index is -4.68. The number of alkyl halides is 3. The van der Waals surface area contributed by atoms with Crippen LogP contribution in [0.2, 0.25) is 5.15 Å². The maximum atomic E-state index is 12.6. The van der Waals surface area contributed by atoms with Crippen molar-refractivity contribution >= 4 is 23.3 Å². The molecule has 1 aromatic heterocycles. The Hall–Kier alpha value is -1.57. The maximum absolute atomic E-state index is 12.6. The van der Waals surface area contributed by atoms with E-state index in [-0.39, 0.29) is 23.4 Å². The number of hydrogen-bond donors (Lipinski definition) is 0. The Bertz CT molecular complexity index is 532. The Morgan fingerprint density at radius 1 is 1.38 bits per heavy atom. The van der Waals surface area contributed by atoms with E-state index in [9.17, 15) is 18.0 Å². The summed E-state index contributed by atoms with van der Waals surface area (Å²) in [5.74, 6) is -1.49. The third-order valence-corrected chi connectivity index (χ3v) is 3.35. The van der Waals surface area contributed by atoms with E-state index in [1.165, 1.54) is 18.0 Å². The van der Waals surface area contributed by atoms with Gasteiger partial charge in [0.1, 0.15) is 11.0 Å². The number of hydrogen-bond acceptors (Lipinski definition) is 4. The Labute approximate surface area is 124 Å². The fourth-order valence-corrected chi connectivity index (χ4v) is 2.26. The zero-order valence-electron chi connectivity index (χ0n) is 11.3. The molecule has 0 unspecified atom stereocenters. The van der Waals surface area contributed by atoms with Crippen LogP contribution in [0.25, 0.3) is 0 Å². The second-order valence-electron chi connectivity index (χ2n) is 4.81. The van der Waals surface area contributed by atoms with E-state index in [4.69, 9.17) is 11.6 Å². The summed E-state index contributed by atoms with van der Waals surface area (Å²) in [4.78, 5) is 21.6. The molecule has 0 atom stereocenters. The van der Waals surface area contributed by atoms with Gasteiger partial charge in [0.25, 0.3) is 0 Å². The summed E-state index contributed by atoms with van der Waals surface area (Å²) in [5.41, 5.74) is 0. The van der Waals surface area contributed by atoms with Crippen LogP contribution >= 0.6 is 11.6 Å². The molecule has 0 aromatic carbocycles. The second kappa shape index (κ2) is 6.05. The lowest BCUT2D eigenvalue weighted by Gasteiger charge is -2.22. The van der Waals surface area contributed by atoms with E-state index in [0.29, 0.717) is 13.1 Å². The molecular formula is C12H14ClF3N4O. The monoisotopic (exact) mass is 322 g/mol. The minimum absolute atomic E-state index is 0.0325. The predicted molar refractivity (Wildman–Crippen MR) is 71.1 cm³/mol. The molecule has 2 rings (SSSR count). The van der Waals surface area contributed by atoms with Crippen LogP contribution in [-0.2, 0) is 11.0 Å². The number of anilines is 1. The summed E-state index contributed by atoms with van der Waals surface area (Å²) in [7, 11) is 1.49. The van der Waals surface area contributed by atoms with Crippen LogP contribution in [0.4, 0.5) is 19.0 Å². The van der Waals surface area contributed by atoms with Gasteiger partial charge in [0.05, 0.1) is 6.54 Å². The normalized spacial score (nSPS) is 15.4. The van der Waals surface area contributed by atoms with Crippen molar-refractivity contribution in [2.45, 2.75) is 19.0 Å². The van der Waals surface area contributed by atoms with Crippen molar-refractivity contribution < 1.29 is 18.0 Å². The molecule has 1 amide bonds. The van der Waals surface area contributed by atoms with E-state index in [0.717, 1.165) is 12.8 Å². The Balaban J connectivity index is 2.13. The van der Waals surface area contributed by atoms with E-state index < -0.39 is 12.0 Å². The van der Waals surface area contributed by atoms with Gasteiger partial charge in [-0.25, -0.2) is 9.97 Å². The van der Waals surface area contributed by atoms with Crippen LogP contribution in [-0.4, -0.2) is 47.5 Å². The van der Waals surface area contributed by atoms with Gasteiger partial charge in [0.15, 0.2) is 0 Å². The smallest absolute Gasteiger partial charge is 0.350 e. The number of halogens is 4. The fraction of sp³-hybridized carbons (Fsp3) is 0.583. The molecule has 1 fully saturated rings. The Kier molecular flexibility index (Phi) is 4.55. The van der Waals surface area contributed by atoms with Crippen molar-refractivity contribution in [2.24, 2.45) is 0 Å². The van der Waals surface area contributed by atoms with Gasteiger partial charge in [-0.3, -0.25) is 4.79 Å². The number of carbonyl (C=O) groups is 1. The van der Waals surface area contributed by atoms with Crippen molar-refractivity contribution in [1.29, 1.82) is 0 Å². The SMILES string of the molecule is CN(CC(=O)N1CCCC1)c1cc(Cl)nc(C(F)(F)F)n1. The number of likely N-dealkylation sites (tertiary alicyclic amines) is 1. The quantitative estimate of drug-likeness (QED) is 0.801. The molecule has 1 aliphatic heterocycles. The molecule has 21 heavy (non-hydrogen) atoms. The molecule has 116 valence electrons. The van der Waals surface area contributed by atoms with Crippen LogP contribution < -0.4 is 4.90 Å². The zero-order chi connectivity index (χ0) is 15.6. The van der Waals surface area contributed by atoms with Crippen LogP contribution in [0, 0.1) is 0 Å². The topological polar surface area (TPSA) is 49.3 Å². The summed E-state index contributed by atoms with van der Waals surface area (Å²) in [6, 6.07) is 1.20. The number of rotatable bonds is 3. The number of amides is 1. The molecule has 0 saturated carbocycles. The van der Waals surface area contributed by atoms with Gasteiger partial charge in [-0.2, -0.15) is 13.2 Å². The molecule has 0 N–H and O–H groups in total. The van der Waals surface area contributed by atoms with Gasteiger partial charge >= 0.3 is 6.18 Å². The molecule has 9 heteroatoms. The third kappa shape index (κ3) is 3.96. The van der Waals surface area contributed by atoms with Crippen molar-refractivity contribution in [1.82, 2.24) is 14.9 Å². The Morgan fingerprint density at radius 2 is 2.00 bits per heavy atom. The highest BCUT2D eigenvalue weighted by Gasteiger charge is 2.35. The number of nitrogens with zero attached hydrogens (tertiary/aromatic N) is 4. The predicted octanol–water partition coefficient (Wildman–Crippen LogP) is 2.21. The van der Waals surface area contributed by atoms with Gasteiger partial charge in [0.2, 0.25) is 11.7 Å². The first-order chi connectivity index (χ1) is 9.77. The average molecular weight is 323 g/mol. The highest BCUT2D eigenvalue weighted by molar-refractivity contribution is 6.29. The molecule has 0 radical (unpaired) electrons. The summed E-state index contributed by atoms with van der Waals surface area (Å²) in [6.45, 7) is 1.32. The van der Waals surface area contributed by atoms with Gasteiger partial charge in [0, 0.05) is 26.2 Å². The fourth-order valence-electron chi connectivity index (χ4n) is 2.08. The van der Waals surface area contributed by atoms with Crippen LogP contribution in [0.15, 0.2) is 6.07 Å². The van der Waals surface area contributed by atoms with Gasteiger partial charge in [-0.05, 0) is 12.8 Å². The van der Waals surface area contributed by atoms with Crippen LogP contribution in [0.5, 0.6) is 0 Å². The molecule has 5 nitrogen and oxygen atoms in total. The lowest BCUT2D eigenvalue weighted by Crippen LogP contribution is -2.37. The van der Waals surface area contributed by atoms with Gasteiger partial charge in [-0.1, -0.05) is 11.6 Å². The van der Waals surface area contributed by atoms with Gasteiger partial charge in [-0.15, -0.1) is 0 Å². The molecule has 0 aliphatic carbocycles. The van der Waals surface area contributed by atoms with Gasteiger partial charge < -0.3 is 9.80 Å². The summed E-state index contributed by atoms with van der Waals surface area (Å²) >= 11 is 5.59. The van der Waals surface area contributed by atoms with E-state index in [2.05, 4.69) is 9.97 Å². The first kappa shape index (κ1) is 15.8. The lowest BCUT2D eigenvalue weighted by molar-refractivity contribution is -0.144. The van der Waals surface area contributed by atoms with Crippen LogP contribution in [0.3, 0.4) is 0 Å². The average Bonchev–Trinajstić information content (AvgIpc) is 2.90. The summed E-state index contributed by atoms with van der Waals surface area (Å²) in [5, 5.41) is -0.312. The molecule has 0 spiro atoms. The molecule has 1 aliphatic rings.